The molecule has 3 heteroatoms. The summed E-state index contributed by atoms with van der Waals surface area (Å²) in [6, 6.07) is 11.3. The summed E-state index contributed by atoms with van der Waals surface area (Å²) in [5.41, 5.74) is 3.72. The third-order valence-corrected chi connectivity index (χ3v) is 4.51. The second kappa shape index (κ2) is 7.65. The molecule has 0 fully saturated rings. The van der Waals surface area contributed by atoms with Crippen LogP contribution in [0.1, 0.15) is 55.5 Å². The number of halogens is 1. The lowest BCUT2D eigenvalue weighted by molar-refractivity contribution is 0.424. The zero-order chi connectivity index (χ0) is 15.2. The fraction of sp³-hybridized carbons (Fsp3) is 0.500. The van der Waals surface area contributed by atoms with Crippen molar-refractivity contribution in [1.29, 1.82) is 0 Å². The first-order valence-corrected chi connectivity index (χ1v) is 8.37. The average Bonchev–Trinajstić information content (AvgIpc) is 2.94. The molecule has 0 N–H and O–H groups in total. The van der Waals surface area contributed by atoms with E-state index in [9.17, 15) is 0 Å². The van der Waals surface area contributed by atoms with Gasteiger partial charge in [-0.05, 0) is 37.8 Å². The summed E-state index contributed by atoms with van der Waals surface area (Å²) in [4.78, 5) is 0. The van der Waals surface area contributed by atoms with Crippen LogP contribution in [0.5, 0.6) is 0 Å². The summed E-state index contributed by atoms with van der Waals surface area (Å²) < 4.78 is 2.11. The molecule has 0 spiro atoms. The van der Waals surface area contributed by atoms with Crippen LogP contribution in [-0.4, -0.2) is 15.7 Å². The van der Waals surface area contributed by atoms with E-state index >= 15 is 0 Å². The van der Waals surface area contributed by atoms with Gasteiger partial charge in [0.1, 0.15) is 0 Å². The lowest BCUT2D eigenvalue weighted by atomic mass is 9.95. The second-order valence-corrected chi connectivity index (χ2v) is 6.04. The summed E-state index contributed by atoms with van der Waals surface area (Å²) in [6.07, 6.45) is 5.25. The summed E-state index contributed by atoms with van der Waals surface area (Å²) in [5.74, 6) is 0.956. The highest BCUT2D eigenvalue weighted by Crippen LogP contribution is 2.23. The molecule has 1 unspecified atom stereocenters. The van der Waals surface area contributed by atoms with Gasteiger partial charge in [-0.15, -0.1) is 11.6 Å². The normalized spacial score (nSPS) is 12.8. The van der Waals surface area contributed by atoms with Crippen LogP contribution in [-0.2, 0) is 6.42 Å². The minimum Gasteiger partial charge on any atom is -0.269 e. The largest absolute Gasteiger partial charge is 0.269 e. The molecule has 21 heavy (non-hydrogen) atoms. The topological polar surface area (TPSA) is 17.8 Å². The Labute approximate surface area is 133 Å². The Bertz CT molecular complexity index is 558. The molecule has 0 aliphatic rings. The fourth-order valence-corrected chi connectivity index (χ4v) is 3.08. The van der Waals surface area contributed by atoms with Crippen LogP contribution in [0.15, 0.2) is 36.5 Å². The van der Waals surface area contributed by atoms with E-state index in [4.69, 9.17) is 16.7 Å². The standard InChI is InChI=1S/C18H25ClN2/c1-4-18(5-2)21-10-9-17(20-21)12-16(13-19)15-8-6-7-14(3)11-15/h6-11,16,18H,4-5,12-13H2,1-3H3. The highest BCUT2D eigenvalue weighted by molar-refractivity contribution is 6.18. The second-order valence-electron chi connectivity index (χ2n) is 5.73. The van der Waals surface area contributed by atoms with Crippen LogP contribution in [0.4, 0.5) is 0 Å². The van der Waals surface area contributed by atoms with Crippen LogP contribution in [0.3, 0.4) is 0 Å². The number of benzene rings is 1. The highest BCUT2D eigenvalue weighted by atomic mass is 35.5. The smallest absolute Gasteiger partial charge is 0.0631 e. The predicted octanol–water partition coefficient (Wildman–Crippen LogP) is 5.12. The molecule has 2 nitrogen and oxygen atoms in total. The summed E-state index contributed by atoms with van der Waals surface area (Å²) in [7, 11) is 0. The third-order valence-electron chi connectivity index (χ3n) is 4.14. The van der Waals surface area contributed by atoms with Crippen LogP contribution in [0, 0.1) is 6.92 Å². The molecule has 114 valence electrons. The monoisotopic (exact) mass is 304 g/mol. The minimum atomic E-state index is 0.330. The van der Waals surface area contributed by atoms with Crippen molar-refractivity contribution in [3.63, 3.8) is 0 Å². The van der Waals surface area contributed by atoms with Crippen LogP contribution >= 0.6 is 11.6 Å². The molecule has 0 aliphatic carbocycles. The van der Waals surface area contributed by atoms with E-state index in [1.165, 1.54) is 11.1 Å². The van der Waals surface area contributed by atoms with Gasteiger partial charge >= 0.3 is 0 Å². The van der Waals surface area contributed by atoms with Crippen molar-refractivity contribution in [1.82, 2.24) is 9.78 Å². The maximum absolute atomic E-state index is 6.19. The number of rotatable bonds is 7. The summed E-state index contributed by atoms with van der Waals surface area (Å²) >= 11 is 6.19. The average molecular weight is 305 g/mol. The lowest BCUT2D eigenvalue weighted by Crippen LogP contribution is -2.10. The van der Waals surface area contributed by atoms with Crippen LogP contribution in [0.25, 0.3) is 0 Å². The zero-order valence-corrected chi connectivity index (χ0v) is 14.0. The fourth-order valence-electron chi connectivity index (χ4n) is 2.79. The number of alkyl halides is 1. The molecule has 0 aliphatic heterocycles. The van der Waals surface area contributed by atoms with Gasteiger partial charge in [0, 0.05) is 18.0 Å². The Morgan fingerprint density at radius 3 is 2.57 bits per heavy atom. The van der Waals surface area contributed by atoms with Gasteiger partial charge < -0.3 is 0 Å². The molecular weight excluding hydrogens is 280 g/mol. The zero-order valence-electron chi connectivity index (χ0n) is 13.2. The van der Waals surface area contributed by atoms with Crippen molar-refractivity contribution >= 4 is 11.6 Å². The molecule has 2 rings (SSSR count). The molecule has 1 atom stereocenters. The molecular formula is C18H25ClN2. The van der Waals surface area contributed by atoms with E-state index in [-0.39, 0.29) is 0 Å². The third kappa shape index (κ3) is 4.10. The SMILES string of the molecule is CCC(CC)n1ccc(CC(CCl)c2cccc(C)c2)n1. The first kappa shape index (κ1) is 16.1. The van der Waals surface area contributed by atoms with Gasteiger partial charge in [0.25, 0.3) is 0 Å². The van der Waals surface area contributed by atoms with E-state index in [2.05, 4.69) is 62.0 Å². The van der Waals surface area contributed by atoms with E-state index in [0.29, 0.717) is 17.8 Å². The van der Waals surface area contributed by atoms with Gasteiger partial charge in [-0.1, -0.05) is 43.7 Å². The van der Waals surface area contributed by atoms with Crippen LogP contribution < -0.4 is 0 Å². The van der Waals surface area contributed by atoms with Crippen molar-refractivity contribution in [3.8, 4) is 0 Å². The van der Waals surface area contributed by atoms with Gasteiger partial charge in [0.2, 0.25) is 0 Å². The van der Waals surface area contributed by atoms with E-state index in [1.807, 2.05) is 0 Å². The Balaban J connectivity index is 2.12. The molecule has 2 aromatic rings. The van der Waals surface area contributed by atoms with Crippen molar-refractivity contribution < 1.29 is 0 Å². The summed E-state index contributed by atoms with van der Waals surface area (Å²) in [6.45, 7) is 6.55. The molecule has 0 saturated heterocycles. The first-order chi connectivity index (χ1) is 10.2. The lowest BCUT2D eigenvalue weighted by Gasteiger charge is -2.15. The maximum Gasteiger partial charge on any atom is 0.0631 e. The first-order valence-electron chi connectivity index (χ1n) is 7.84. The maximum atomic E-state index is 6.19. The molecule has 1 heterocycles. The van der Waals surface area contributed by atoms with E-state index < -0.39 is 0 Å². The van der Waals surface area contributed by atoms with Crippen molar-refractivity contribution in [2.75, 3.05) is 5.88 Å². The number of hydrogen-bond donors (Lipinski definition) is 0. The van der Waals surface area contributed by atoms with Crippen LogP contribution in [0.2, 0.25) is 0 Å². The van der Waals surface area contributed by atoms with Gasteiger partial charge in [0.05, 0.1) is 11.7 Å². The van der Waals surface area contributed by atoms with Gasteiger partial charge in [0.15, 0.2) is 0 Å². The molecule has 1 aromatic heterocycles. The van der Waals surface area contributed by atoms with Gasteiger partial charge in [-0.2, -0.15) is 5.10 Å². The Kier molecular flexibility index (Phi) is 5.86. The molecule has 0 bridgehead atoms. The predicted molar refractivity (Wildman–Crippen MR) is 90.2 cm³/mol. The number of nitrogens with zero attached hydrogens (tertiary/aromatic N) is 2. The molecule has 1 aromatic carbocycles. The molecule has 0 amide bonds. The van der Waals surface area contributed by atoms with E-state index in [0.717, 1.165) is 25.0 Å². The summed E-state index contributed by atoms with van der Waals surface area (Å²) in [5, 5.41) is 4.75. The quantitative estimate of drug-likeness (QED) is 0.649. The highest BCUT2D eigenvalue weighted by Gasteiger charge is 2.14. The Hall–Kier alpha value is -1.28. The Morgan fingerprint density at radius 1 is 1.19 bits per heavy atom. The van der Waals surface area contributed by atoms with Crippen molar-refractivity contribution in [2.24, 2.45) is 0 Å². The molecule has 0 saturated carbocycles. The number of aromatic nitrogens is 2. The number of aryl methyl sites for hydroxylation is 1. The minimum absolute atomic E-state index is 0.330. The number of hydrogen-bond acceptors (Lipinski definition) is 1. The van der Waals surface area contributed by atoms with Crippen molar-refractivity contribution in [3.05, 3.63) is 53.3 Å². The van der Waals surface area contributed by atoms with Gasteiger partial charge in [-0.25, -0.2) is 0 Å². The van der Waals surface area contributed by atoms with Gasteiger partial charge in [-0.3, -0.25) is 4.68 Å². The molecule has 0 radical (unpaired) electrons. The Morgan fingerprint density at radius 2 is 1.95 bits per heavy atom. The van der Waals surface area contributed by atoms with Crippen molar-refractivity contribution in [2.45, 2.75) is 52.0 Å². The van der Waals surface area contributed by atoms with E-state index in [1.54, 1.807) is 0 Å².